The van der Waals surface area contributed by atoms with Crippen molar-refractivity contribution in [1.82, 2.24) is 4.98 Å². The molecule has 1 saturated carbocycles. The minimum absolute atomic E-state index is 0.237. The fourth-order valence-corrected chi connectivity index (χ4v) is 2.22. The first-order valence-corrected chi connectivity index (χ1v) is 5.66. The van der Waals surface area contributed by atoms with Crippen LogP contribution in [0.25, 0.3) is 0 Å². The van der Waals surface area contributed by atoms with Crippen LogP contribution in [0.5, 0.6) is 0 Å². The minimum atomic E-state index is -0.619. The number of aliphatic hydroxyl groups excluding tert-OH is 1. The van der Waals surface area contributed by atoms with Crippen LogP contribution < -0.4 is 5.73 Å². The SMILES string of the molecule is NC[C@H](O)c1cccc(C2CCCC2)n1. The Kier molecular flexibility index (Phi) is 3.34. The van der Waals surface area contributed by atoms with Crippen molar-refractivity contribution in [1.29, 1.82) is 0 Å². The molecule has 0 bridgehead atoms. The number of nitrogens with zero attached hydrogens (tertiary/aromatic N) is 1. The monoisotopic (exact) mass is 206 g/mol. The second-order valence-corrected chi connectivity index (χ2v) is 4.22. The summed E-state index contributed by atoms with van der Waals surface area (Å²) in [6.07, 6.45) is 4.45. The number of pyridine rings is 1. The normalized spacial score (nSPS) is 19.3. The van der Waals surface area contributed by atoms with E-state index in [1.165, 1.54) is 25.7 Å². The average molecular weight is 206 g/mol. The van der Waals surface area contributed by atoms with Gasteiger partial charge in [0.2, 0.25) is 0 Å². The molecule has 1 fully saturated rings. The predicted molar refractivity (Wildman–Crippen MR) is 59.5 cm³/mol. The molecule has 82 valence electrons. The van der Waals surface area contributed by atoms with E-state index in [4.69, 9.17) is 5.73 Å². The first-order chi connectivity index (χ1) is 7.31. The molecule has 1 aliphatic carbocycles. The molecule has 3 nitrogen and oxygen atoms in total. The summed E-state index contributed by atoms with van der Waals surface area (Å²) in [6, 6.07) is 5.87. The third-order valence-electron chi connectivity index (χ3n) is 3.13. The van der Waals surface area contributed by atoms with E-state index in [1.807, 2.05) is 12.1 Å². The quantitative estimate of drug-likeness (QED) is 0.791. The van der Waals surface area contributed by atoms with E-state index < -0.39 is 6.10 Å². The molecule has 3 N–H and O–H groups in total. The van der Waals surface area contributed by atoms with Crippen molar-refractivity contribution in [2.75, 3.05) is 6.54 Å². The lowest BCUT2D eigenvalue weighted by Gasteiger charge is -2.12. The summed E-state index contributed by atoms with van der Waals surface area (Å²) >= 11 is 0. The zero-order valence-corrected chi connectivity index (χ0v) is 8.89. The van der Waals surface area contributed by atoms with Gasteiger partial charge in [0, 0.05) is 18.2 Å². The lowest BCUT2D eigenvalue weighted by molar-refractivity contribution is 0.181. The lowest BCUT2D eigenvalue weighted by Crippen LogP contribution is -2.13. The summed E-state index contributed by atoms with van der Waals surface area (Å²) in [5, 5.41) is 9.61. The third kappa shape index (κ3) is 2.36. The van der Waals surface area contributed by atoms with Gasteiger partial charge < -0.3 is 10.8 Å². The minimum Gasteiger partial charge on any atom is -0.385 e. The molecular formula is C12H18N2O. The number of rotatable bonds is 3. The highest BCUT2D eigenvalue weighted by Gasteiger charge is 2.19. The molecule has 1 atom stereocenters. The maximum atomic E-state index is 9.61. The Balaban J connectivity index is 2.18. The molecule has 15 heavy (non-hydrogen) atoms. The smallest absolute Gasteiger partial charge is 0.108 e. The molecule has 0 unspecified atom stereocenters. The molecule has 1 aliphatic rings. The van der Waals surface area contributed by atoms with Crippen LogP contribution in [-0.2, 0) is 0 Å². The number of hydrogen-bond donors (Lipinski definition) is 2. The molecule has 0 saturated heterocycles. The largest absolute Gasteiger partial charge is 0.385 e. The van der Waals surface area contributed by atoms with Crippen molar-refractivity contribution in [3.05, 3.63) is 29.6 Å². The van der Waals surface area contributed by atoms with Crippen LogP contribution in [0.4, 0.5) is 0 Å². The highest BCUT2D eigenvalue weighted by molar-refractivity contribution is 5.17. The Morgan fingerprint density at radius 3 is 2.80 bits per heavy atom. The fraction of sp³-hybridized carbons (Fsp3) is 0.583. The summed E-state index contributed by atoms with van der Waals surface area (Å²) in [6.45, 7) is 0.237. The molecule has 1 aromatic rings. The maximum Gasteiger partial charge on any atom is 0.108 e. The van der Waals surface area contributed by atoms with Gasteiger partial charge in [0.1, 0.15) is 6.10 Å². The number of hydrogen-bond acceptors (Lipinski definition) is 3. The van der Waals surface area contributed by atoms with Gasteiger partial charge in [-0.1, -0.05) is 18.9 Å². The molecule has 0 aromatic carbocycles. The van der Waals surface area contributed by atoms with E-state index in [0.29, 0.717) is 11.6 Å². The zero-order valence-electron chi connectivity index (χ0n) is 8.89. The van der Waals surface area contributed by atoms with Crippen molar-refractivity contribution >= 4 is 0 Å². The Hall–Kier alpha value is -0.930. The maximum absolute atomic E-state index is 9.61. The van der Waals surface area contributed by atoms with Crippen molar-refractivity contribution in [3.63, 3.8) is 0 Å². The standard InChI is InChI=1S/C12H18N2O/c13-8-12(15)11-7-3-6-10(14-11)9-4-1-2-5-9/h3,6-7,9,12,15H,1-2,4-5,8,13H2/t12-/m0/s1. The molecule has 0 amide bonds. The second-order valence-electron chi connectivity index (χ2n) is 4.22. The van der Waals surface area contributed by atoms with Crippen LogP contribution in [0.3, 0.4) is 0 Å². The summed E-state index contributed by atoms with van der Waals surface area (Å²) < 4.78 is 0. The fourth-order valence-electron chi connectivity index (χ4n) is 2.22. The Morgan fingerprint density at radius 1 is 1.40 bits per heavy atom. The van der Waals surface area contributed by atoms with Crippen LogP contribution in [0, 0.1) is 0 Å². The van der Waals surface area contributed by atoms with Crippen LogP contribution >= 0.6 is 0 Å². The van der Waals surface area contributed by atoms with Gasteiger partial charge in [-0.25, -0.2) is 0 Å². The van der Waals surface area contributed by atoms with E-state index in [1.54, 1.807) is 0 Å². The van der Waals surface area contributed by atoms with Gasteiger partial charge in [-0.2, -0.15) is 0 Å². The summed E-state index contributed by atoms with van der Waals surface area (Å²) in [4.78, 5) is 4.50. The van der Waals surface area contributed by atoms with E-state index in [9.17, 15) is 5.11 Å². The lowest BCUT2D eigenvalue weighted by atomic mass is 10.0. The first-order valence-electron chi connectivity index (χ1n) is 5.66. The second kappa shape index (κ2) is 4.73. The van der Waals surface area contributed by atoms with Crippen LogP contribution in [0.2, 0.25) is 0 Å². The van der Waals surface area contributed by atoms with E-state index in [2.05, 4.69) is 11.1 Å². The Morgan fingerprint density at radius 2 is 2.13 bits per heavy atom. The average Bonchev–Trinajstić information content (AvgIpc) is 2.82. The van der Waals surface area contributed by atoms with Crippen LogP contribution in [0.1, 0.15) is 49.1 Å². The summed E-state index contributed by atoms with van der Waals surface area (Å²) in [7, 11) is 0. The third-order valence-corrected chi connectivity index (χ3v) is 3.13. The van der Waals surface area contributed by atoms with Crippen LogP contribution in [0.15, 0.2) is 18.2 Å². The molecule has 0 spiro atoms. The van der Waals surface area contributed by atoms with Gasteiger partial charge in [-0.3, -0.25) is 4.98 Å². The zero-order chi connectivity index (χ0) is 10.7. The molecule has 1 aromatic heterocycles. The highest BCUT2D eigenvalue weighted by atomic mass is 16.3. The van der Waals surface area contributed by atoms with Gasteiger partial charge in [0.25, 0.3) is 0 Å². The highest BCUT2D eigenvalue weighted by Crippen LogP contribution is 2.33. The molecular weight excluding hydrogens is 188 g/mol. The number of aromatic nitrogens is 1. The van der Waals surface area contributed by atoms with Crippen molar-refractivity contribution in [2.45, 2.75) is 37.7 Å². The molecule has 1 heterocycles. The molecule has 0 aliphatic heterocycles. The van der Waals surface area contributed by atoms with Crippen LogP contribution in [-0.4, -0.2) is 16.6 Å². The van der Waals surface area contributed by atoms with E-state index in [-0.39, 0.29) is 6.54 Å². The van der Waals surface area contributed by atoms with Gasteiger partial charge in [0.05, 0.1) is 5.69 Å². The topological polar surface area (TPSA) is 59.1 Å². The van der Waals surface area contributed by atoms with Gasteiger partial charge in [0.15, 0.2) is 0 Å². The first kappa shape index (κ1) is 10.6. The molecule has 0 radical (unpaired) electrons. The van der Waals surface area contributed by atoms with Crippen molar-refractivity contribution < 1.29 is 5.11 Å². The molecule has 3 heteroatoms. The summed E-state index contributed by atoms with van der Waals surface area (Å²) in [5.41, 5.74) is 7.25. The van der Waals surface area contributed by atoms with Crippen molar-refractivity contribution in [2.24, 2.45) is 5.73 Å². The van der Waals surface area contributed by atoms with E-state index in [0.717, 1.165) is 5.69 Å². The number of aliphatic hydroxyl groups is 1. The Bertz CT molecular complexity index is 321. The van der Waals surface area contributed by atoms with Gasteiger partial charge in [-0.15, -0.1) is 0 Å². The van der Waals surface area contributed by atoms with Gasteiger partial charge in [-0.05, 0) is 25.0 Å². The Labute approximate surface area is 90.3 Å². The van der Waals surface area contributed by atoms with Crippen molar-refractivity contribution in [3.8, 4) is 0 Å². The number of nitrogens with two attached hydrogens (primary N) is 1. The van der Waals surface area contributed by atoms with Gasteiger partial charge >= 0.3 is 0 Å². The summed E-state index contributed by atoms with van der Waals surface area (Å²) in [5.74, 6) is 0.593. The predicted octanol–water partition coefficient (Wildman–Crippen LogP) is 1.73. The molecule has 2 rings (SSSR count). The van der Waals surface area contributed by atoms with E-state index >= 15 is 0 Å².